The van der Waals surface area contributed by atoms with Gasteiger partial charge in [0.25, 0.3) is 0 Å². The zero-order chi connectivity index (χ0) is 21.5. The van der Waals surface area contributed by atoms with Gasteiger partial charge in [-0.2, -0.15) is 0 Å². The molecule has 2 aromatic carbocycles. The van der Waals surface area contributed by atoms with Crippen molar-refractivity contribution in [1.82, 2.24) is 5.32 Å². The Morgan fingerprint density at radius 1 is 0.967 bits per heavy atom. The van der Waals surface area contributed by atoms with Gasteiger partial charge in [0.15, 0.2) is 0 Å². The normalized spacial score (nSPS) is 13.2. The molecule has 2 N–H and O–H groups in total. The van der Waals surface area contributed by atoms with Crippen LogP contribution in [0, 0.1) is 0 Å². The maximum atomic E-state index is 12.2. The van der Waals surface area contributed by atoms with Crippen LogP contribution in [0.5, 0.6) is 0 Å². The number of rotatable bonds is 10. The van der Waals surface area contributed by atoms with Crippen LogP contribution in [0.3, 0.4) is 0 Å². The van der Waals surface area contributed by atoms with Crippen molar-refractivity contribution < 1.29 is 24.2 Å². The first-order valence-electron chi connectivity index (χ1n) is 10.3. The molecular weight excluding hydrogens is 382 g/mol. The lowest BCUT2D eigenvalue weighted by atomic mass is 9.98. The summed E-state index contributed by atoms with van der Waals surface area (Å²) in [5, 5.41) is 11.5. The lowest BCUT2D eigenvalue weighted by Gasteiger charge is -2.14. The molecule has 158 valence electrons. The summed E-state index contributed by atoms with van der Waals surface area (Å²) in [6, 6.07) is 15.5. The van der Waals surface area contributed by atoms with Crippen molar-refractivity contribution >= 4 is 17.8 Å². The van der Waals surface area contributed by atoms with E-state index in [1.165, 1.54) is 29.2 Å². The molecular formula is C24H27NO5. The maximum Gasteiger partial charge on any atom is 0.326 e. The molecule has 1 aliphatic rings. The van der Waals surface area contributed by atoms with Gasteiger partial charge in [0.05, 0.1) is 0 Å². The predicted octanol–water partition coefficient (Wildman–Crippen LogP) is 3.88. The van der Waals surface area contributed by atoms with Crippen molar-refractivity contribution in [3.63, 3.8) is 0 Å². The first-order valence-corrected chi connectivity index (χ1v) is 10.3. The van der Waals surface area contributed by atoms with E-state index >= 15 is 0 Å². The van der Waals surface area contributed by atoms with Gasteiger partial charge in [-0.05, 0) is 35.1 Å². The lowest BCUT2D eigenvalue weighted by molar-refractivity contribution is -0.144. The largest absolute Gasteiger partial charge is 0.480 e. The quantitative estimate of drug-likeness (QED) is 0.459. The highest BCUT2D eigenvalue weighted by Crippen LogP contribution is 2.44. The SMILES string of the molecule is CC(=O)N[C@@H](CCCCCC(=O)OCC1c2ccccc2-c2ccccc21)C(=O)O. The van der Waals surface area contributed by atoms with Gasteiger partial charge in [0.1, 0.15) is 12.6 Å². The molecule has 1 amide bonds. The van der Waals surface area contributed by atoms with E-state index in [1.54, 1.807) is 0 Å². The number of carboxylic acids is 1. The van der Waals surface area contributed by atoms with E-state index in [4.69, 9.17) is 9.84 Å². The maximum absolute atomic E-state index is 12.2. The van der Waals surface area contributed by atoms with Crippen molar-refractivity contribution in [2.45, 2.75) is 51.0 Å². The number of hydrogen-bond acceptors (Lipinski definition) is 4. The summed E-state index contributed by atoms with van der Waals surface area (Å²) in [7, 11) is 0. The fourth-order valence-electron chi connectivity index (χ4n) is 3.99. The Morgan fingerprint density at radius 3 is 2.13 bits per heavy atom. The van der Waals surface area contributed by atoms with Gasteiger partial charge in [-0.15, -0.1) is 0 Å². The molecule has 0 aliphatic heterocycles. The number of benzene rings is 2. The fourth-order valence-corrected chi connectivity index (χ4v) is 3.99. The van der Waals surface area contributed by atoms with Crippen molar-refractivity contribution in [2.24, 2.45) is 0 Å². The van der Waals surface area contributed by atoms with Gasteiger partial charge in [-0.1, -0.05) is 61.4 Å². The van der Waals surface area contributed by atoms with E-state index in [2.05, 4.69) is 29.6 Å². The Morgan fingerprint density at radius 2 is 1.57 bits per heavy atom. The molecule has 0 radical (unpaired) electrons. The molecule has 0 heterocycles. The number of carbonyl (C=O) groups is 3. The summed E-state index contributed by atoms with van der Waals surface area (Å²) in [4.78, 5) is 34.3. The van der Waals surface area contributed by atoms with Crippen molar-refractivity contribution in [3.8, 4) is 11.1 Å². The first-order chi connectivity index (χ1) is 14.5. The second-order valence-corrected chi connectivity index (χ2v) is 7.60. The van der Waals surface area contributed by atoms with E-state index in [0.29, 0.717) is 38.7 Å². The van der Waals surface area contributed by atoms with Crippen LogP contribution in [-0.2, 0) is 19.1 Å². The number of carbonyl (C=O) groups excluding carboxylic acids is 2. The molecule has 0 bridgehead atoms. The number of amides is 1. The van der Waals surface area contributed by atoms with Gasteiger partial charge < -0.3 is 15.2 Å². The molecule has 1 aliphatic carbocycles. The Hall–Kier alpha value is -3.15. The van der Waals surface area contributed by atoms with Gasteiger partial charge in [-0.25, -0.2) is 4.79 Å². The highest BCUT2D eigenvalue weighted by molar-refractivity contribution is 5.82. The Balaban J connectivity index is 1.43. The summed E-state index contributed by atoms with van der Waals surface area (Å²) in [6.45, 7) is 1.61. The summed E-state index contributed by atoms with van der Waals surface area (Å²) < 4.78 is 5.57. The molecule has 1 atom stereocenters. The molecule has 3 rings (SSSR count). The summed E-state index contributed by atoms with van der Waals surface area (Å²) in [6.07, 6.45) is 2.60. The van der Waals surface area contributed by atoms with Crippen molar-refractivity contribution in [1.29, 1.82) is 0 Å². The third kappa shape index (κ3) is 5.26. The number of hydrogen-bond donors (Lipinski definition) is 2. The van der Waals surface area contributed by atoms with Crippen LogP contribution >= 0.6 is 0 Å². The number of ether oxygens (including phenoxy) is 1. The minimum Gasteiger partial charge on any atom is -0.480 e. The zero-order valence-electron chi connectivity index (χ0n) is 17.1. The molecule has 6 nitrogen and oxygen atoms in total. The Labute approximate surface area is 176 Å². The monoisotopic (exact) mass is 409 g/mol. The van der Waals surface area contributed by atoms with Crippen LogP contribution in [-0.4, -0.2) is 35.6 Å². The van der Waals surface area contributed by atoms with E-state index in [0.717, 1.165) is 0 Å². The minimum absolute atomic E-state index is 0.0512. The van der Waals surface area contributed by atoms with E-state index in [1.807, 2.05) is 24.3 Å². The Bertz CT molecular complexity index is 878. The molecule has 30 heavy (non-hydrogen) atoms. The van der Waals surface area contributed by atoms with Gasteiger partial charge in [0, 0.05) is 19.3 Å². The van der Waals surface area contributed by atoms with Crippen LogP contribution in [0.4, 0.5) is 0 Å². The molecule has 2 aromatic rings. The summed E-state index contributed by atoms with van der Waals surface area (Å²) in [5.74, 6) is -1.59. The standard InChI is InChI=1S/C24H27NO5/c1-16(26)25-22(24(28)29)13-3-2-4-14-23(27)30-15-21-19-11-7-5-9-17(19)18-10-6-8-12-20(18)21/h5-12,21-22H,2-4,13-15H2,1H3,(H,25,26)(H,28,29)/t22-/m0/s1. The third-order valence-corrected chi connectivity index (χ3v) is 5.42. The van der Waals surface area contributed by atoms with Crippen LogP contribution in [0.2, 0.25) is 0 Å². The molecule has 0 saturated heterocycles. The highest BCUT2D eigenvalue weighted by atomic mass is 16.5. The second-order valence-electron chi connectivity index (χ2n) is 7.60. The predicted molar refractivity (Wildman–Crippen MR) is 113 cm³/mol. The second kappa shape index (κ2) is 10.1. The molecule has 0 fully saturated rings. The van der Waals surface area contributed by atoms with Crippen molar-refractivity contribution in [2.75, 3.05) is 6.61 Å². The highest BCUT2D eigenvalue weighted by Gasteiger charge is 2.28. The van der Waals surface area contributed by atoms with E-state index in [9.17, 15) is 14.4 Å². The fraction of sp³-hybridized carbons (Fsp3) is 0.375. The van der Waals surface area contributed by atoms with Gasteiger partial charge in [-0.3, -0.25) is 9.59 Å². The topological polar surface area (TPSA) is 92.7 Å². The van der Waals surface area contributed by atoms with Gasteiger partial charge in [0.2, 0.25) is 5.91 Å². The molecule has 0 saturated carbocycles. The number of nitrogens with one attached hydrogen (secondary N) is 1. The third-order valence-electron chi connectivity index (χ3n) is 5.42. The first kappa shape index (κ1) is 21.6. The number of esters is 1. The summed E-state index contributed by atoms with van der Waals surface area (Å²) >= 11 is 0. The Kier molecular flexibility index (Phi) is 7.22. The molecule has 0 aromatic heterocycles. The van der Waals surface area contributed by atoms with Crippen LogP contribution < -0.4 is 5.32 Å². The molecule has 6 heteroatoms. The van der Waals surface area contributed by atoms with Crippen LogP contribution in [0.25, 0.3) is 11.1 Å². The number of aliphatic carboxylic acids is 1. The lowest BCUT2D eigenvalue weighted by Crippen LogP contribution is -2.39. The average molecular weight is 409 g/mol. The molecule has 0 unspecified atom stereocenters. The minimum atomic E-state index is -1.04. The smallest absolute Gasteiger partial charge is 0.326 e. The number of carboxylic acid groups (broad SMARTS) is 1. The van der Waals surface area contributed by atoms with E-state index in [-0.39, 0.29) is 17.8 Å². The number of fused-ring (bicyclic) bond motifs is 3. The molecule has 0 spiro atoms. The summed E-state index contributed by atoms with van der Waals surface area (Å²) in [5.41, 5.74) is 4.76. The zero-order valence-corrected chi connectivity index (χ0v) is 17.1. The van der Waals surface area contributed by atoms with Crippen LogP contribution in [0.1, 0.15) is 56.1 Å². The van der Waals surface area contributed by atoms with Gasteiger partial charge >= 0.3 is 11.9 Å². The van der Waals surface area contributed by atoms with Crippen molar-refractivity contribution in [3.05, 3.63) is 59.7 Å². The van der Waals surface area contributed by atoms with E-state index < -0.39 is 12.0 Å². The average Bonchev–Trinajstić information content (AvgIpc) is 3.04. The number of unbranched alkanes of at least 4 members (excludes halogenated alkanes) is 2. The van der Waals surface area contributed by atoms with Crippen LogP contribution in [0.15, 0.2) is 48.5 Å².